The summed E-state index contributed by atoms with van der Waals surface area (Å²) in [7, 11) is 0. The molecule has 0 aliphatic rings. The van der Waals surface area contributed by atoms with Crippen molar-refractivity contribution in [2.45, 2.75) is 0 Å². The first-order chi connectivity index (χ1) is 8.65. The fourth-order valence-electron chi connectivity index (χ4n) is 1.31. The summed E-state index contributed by atoms with van der Waals surface area (Å²) in [5.74, 6) is 0.460. The minimum atomic E-state index is -0.188. The second kappa shape index (κ2) is 6.19. The molecule has 2 rings (SSSR count). The van der Waals surface area contributed by atoms with E-state index in [1.807, 2.05) is 18.2 Å². The molecule has 1 amide bonds. The maximum Gasteiger partial charge on any atom is 0.248 e. The molecule has 5 heteroatoms. The van der Waals surface area contributed by atoms with E-state index in [-0.39, 0.29) is 5.91 Å². The summed E-state index contributed by atoms with van der Waals surface area (Å²) in [5.41, 5.74) is 0.785. The second-order valence-corrected chi connectivity index (χ2v) is 5.54. The van der Waals surface area contributed by atoms with Gasteiger partial charge in [0.05, 0.1) is 12.0 Å². The number of furan rings is 1. The summed E-state index contributed by atoms with van der Waals surface area (Å²) in [6.45, 7) is 0. The van der Waals surface area contributed by atoms with Gasteiger partial charge in [-0.15, -0.1) is 0 Å². The van der Waals surface area contributed by atoms with Crippen LogP contribution < -0.4 is 5.32 Å². The second-order valence-electron chi connectivity index (χ2n) is 3.46. The normalized spacial score (nSPS) is 10.8. The fourth-order valence-corrected chi connectivity index (χ4v) is 2.75. The Kier molecular flexibility index (Phi) is 4.60. The zero-order valence-corrected chi connectivity index (χ0v) is 12.9. The molecule has 0 aliphatic heterocycles. The Morgan fingerprint density at radius 3 is 2.89 bits per heavy atom. The van der Waals surface area contributed by atoms with Crippen molar-refractivity contribution in [2.75, 3.05) is 5.32 Å². The van der Waals surface area contributed by atoms with Crippen LogP contribution in [0.5, 0.6) is 0 Å². The number of hydrogen-bond acceptors (Lipinski definition) is 2. The zero-order valence-electron chi connectivity index (χ0n) is 9.19. The predicted octanol–water partition coefficient (Wildman–Crippen LogP) is 4.30. The van der Waals surface area contributed by atoms with Crippen LogP contribution in [0.15, 0.2) is 51.6 Å². The van der Waals surface area contributed by atoms with Crippen molar-refractivity contribution in [3.8, 4) is 0 Å². The highest BCUT2D eigenvalue weighted by atomic mass is 127. The van der Waals surface area contributed by atoms with Gasteiger partial charge in [0, 0.05) is 14.1 Å². The van der Waals surface area contributed by atoms with Crippen LogP contribution in [-0.4, -0.2) is 5.91 Å². The van der Waals surface area contributed by atoms with Gasteiger partial charge in [-0.05, 0) is 59.0 Å². The topological polar surface area (TPSA) is 42.2 Å². The molecule has 0 fully saturated rings. The molecule has 0 saturated heterocycles. The number of hydrogen-bond donors (Lipinski definition) is 1. The van der Waals surface area contributed by atoms with Gasteiger partial charge >= 0.3 is 0 Å². The van der Waals surface area contributed by atoms with Crippen LogP contribution in [0.3, 0.4) is 0 Å². The lowest BCUT2D eigenvalue weighted by atomic mass is 10.3. The summed E-state index contributed by atoms with van der Waals surface area (Å²) in [4.78, 5) is 11.7. The Hall–Kier alpha value is -1.08. The number of halogens is 2. The maximum absolute atomic E-state index is 11.7. The molecule has 1 aromatic carbocycles. The molecule has 0 radical (unpaired) electrons. The van der Waals surface area contributed by atoms with Crippen molar-refractivity contribution >= 4 is 56.2 Å². The number of amides is 1. The predicted molar refractivity (Wildman–Crippen MR) is 83.2 cm³/mol. The minimum absolute atomic E-state index is 0.188. The van der Waals surface area contributed by atoms with Crippen molar-refractivity contribution in [2.24, 2.45) is 0 Å². The Labute approximate surface area is 127 Å². The minimum Gasteiger partial charge on any atom is -0.465 e. The van der Waals surface area contributed by atoms with Crippen LogP contribution in [0, 0.1) is 3.57 Å². The van der Waals surface area contributed by atoms with Crippen LogP contribution in [0.1, 0.15) is 5.76 Å². The lowest BCUT2D eigenvalue weighted by Gasteiger charge is -2.05. The standard InChI is InChI=1S/C13H9BrINO2/c14-9-3-5-12(11(15)8-9)16-13(17)6-4-10-2-1-7-18-10/h1-8H,(H,16,17). The summed E-state index contributed by atoms with van der Waals surface area (Å²) >= 11 is 5.55. The molecule has 18 heavy (non-hydrogen) atoms. The molecule has 0 unspecified atom stereocenters. The van der Waals surface area contributed by atoms with Gasteiger partial charge in [-0.1, -0.05) is 15.9 Å². The molecule has 2 aromatic rings. The Bertz CT molecular complexity index is 579. The van der Waals surface area contributed by atoms with E-state index in [0.29, 0.717) is 5.76 Å². The van der Waals surface area contributed by atoms with E-state index in [1.165, 1.54) is 6.08 Å². The summed E-state index contributed by atoms with van der Waals surface area (Å²) in [5, 5.41) is 2.80. The summed E-state index contributed by atoms with van der Waals surface area (Å²) < 4.78 is 7.06. The average molecular weight is 418 g/mol. The largest absolute Gasteiger partial charge is 0.465 e. The van der Waals surface area contributed by atoms with Crippen LogP contribution in [0.4, 0.5) is 5.69 Å². The number of nitrogens with one attached hydrogen (secondary N) is 1. The van der Waals surface area contributed by atoms with E-state index in [9.17, 15) is 4.79 Å². The van der Waals surface area contributed by atoms with E-state index < -0.39 is 0 Å². The molecule has 3 nitrogen and oxygen atoms in total. The van der Waals surface area contributed by atoms with Gasteiger partial charge in [-0.3, -0.25) is 4.79 Å². The number of rotatable bonds is 3. The molecule has 0 bridgehead atoms. The molecule has 1 heterocycles. The summed E-state index contributed by atoms with van der Waals surface area (Å²) in [6.07, 6.45) is 4.63. The first-order valence-corrected chi connectivity index (χ1v) is 7.00. The van der Waals surface area contributed by atoms with E-state index in [1.54, 1.807) is 24.5 Å². The molecule has 1 N–H and O–H groups in total. The van der Waals surface area contributed by atoms with E-state index in [2.05, 4.69) is 43.8 Å². The Balaban J connectivity index is 2.03. The first-order valence-electron chi connectivity index (χ1n) is 5.13. The fraction of sp³-hybridized carbons (Fsp3) is 0. The molecule has 1 aromatic heterocycles. The van der Waals surface area contributed by atoms with Gasteiger partial charge in [-0.2, -0.15) is 0 Å². The van der Waals surface area contributed by atoms with Crippen LogP contribution in [-0.2, 0) is 4.79 Å². The SMILES string of the molecule is O=C(C=Cc1ccco1)Nc1ccc(Br)cc1I. The van der Waals surface area contributed by atoms with Crippen LogP contribution >= 0.6 is 38.5 Å². The maximum atomic E-state index is 11.7. The van der Waals surface area contributed by atoms with Crippen molar-refractivity contribution in [1.29, 1.82) is 0 Å². The monoisotopic (exact) mass is 417 g/mol. The highest BCUT2D eigenvalue weighted by molar-refractivity contribution is 14.1. The van der Waals surface area contributed by atoms with Crippen molar-refractivity contribution < 1.29 is 9.21 Å². The van der Waals surface area contributed by atoms with Crippen molar-refractivity contribution in [3.05, 3.63) is 56.5 Å². The number of benzene rings is 1. The van der Waals surface area contributed by atoms with Gasteiger partial charge in [0.2, 0.25) is 5.91 Å². The number of carbonyl (C=O) groups is 1. The van der Waals surface area contributed by atoms with E-state index >= 15 is 0 Å². The van der Waals surface area contributed by atoms with Crippen LogP contribution in [0.2, 0.25) is 0 Å². The molecule has 0 atom stereocenters. The van der Waals surface area contributed by atoms with Gasteiger partial charge < -0.3 is 9.73 Å². The highest BCUT2D eigenvalue weighted by Crippen LogP contribution is 2.22. The third-order valence-corrected chi connectivity index (χ3v) is 3.52. The Morgan fingerprint density at radius 2 is 2.22 bits per heavy atom. The van der Waals surface area contributed by atoms with Gasteiger partial charge in [0.1, 0.15) is 5.76 Å². The lowest BCUT2D eigenvalue weighted by molar-refractivity contribution is -0.111. The number of anilines is 1. The molecule has 0 saturated carbocycles. The van der Waals surface area contributed by atoms with Crippen molar-refractivity contribution in [3.63, 3.8) is 0 Å². The third-order valence-electron chi connectivity index (χ3n) is 2.13. The third kappa shape index (κ3) is 3.71. The smallest absolute Gasteiger partial charge is 0.248 e. The number of carbonyl (C=O) groups excluding carboxylic acids is 1. The average Bonchev–Trinajstić information content (AvgIpc) is 2.83. The highest BCUT2D eigenvalue weighted by Gasteiger charge is 2.03. The molecule has 0 aliphatic carbocycles. The van der Waals surface area contributed by atoms with Crippen LogP contribution in [0.25, 0.3) is 6.08 Å². The molecular formula is C13H9BrINO2. The Morgan fingerprint density at radius 1 is 1.39 bits per heavy atom. The van der Waals surface area contributed by atoms with Gasteiger partial charge in [-0.25, -0.2) is 0 Å². The summed E-state index contributed by atoms with van der Waals surface area (Å²) in [6, 6.07) is 9.23. The molecule has 92 valence electrons. The molecular weight excluding hydrogens is 409 g/mol. The van der Waals surface area contributed by atoms with Gasteiger partial charge in [0.15, 0.2) is 0 Å². The van der Waals surface area contributed by atoms with Crippen molar-refractivity contribution in [1.82, 2.24) is 0 Å². The van der Waals surface area contributed by atoms with Gasteiger partial charge in [0.25, 0.3) is 0 Å². The quantitative estimate of drug-likeness (QED) is 0.597. The van der Waals surface area contributed by atoms with E-state index in [4.69, 9.17) is 4.42 Å². The van der Waals surface area contributed by atoms with E-state index in [0.717, 1.165) is 13.7 Å². The first kappa shape index (κ1) is 13.4. The zero-order chi connectivity index (χ0) is 13.0. The molecule has 0 spiro atoms. The lowest BCUT2D eigenvalue weighted by Crippen LogP contribution is -2.08.